The third-order valence-corrected chi connectivity index (χ3v) is 3.59. The predicted octanol–water partition coefficient (Wildman–Crippen LogP) is 4.62. The summed E-state index contributed by atoms with van der Waals surface area (Å²) in [5, 5.41) is 0. The van der Waals surface area contributed by atoms with Gasteiger partial charge in [-0.1, -0.05) is 42.5 Å². The van der Waals surface area contributed by atoms with Gasteiger partial charge in [-0.25, -0.2) is 9.18 Å². The van der Waals surface area contributed by atoms with Crippen LogP contribution in [0.25, 0.3) is 0 Å². The average molecular weight is 359 g/mol. The fraction of sp³-hybridized carbons (Fsp3) is 0.250. The van der Waals surface area contributed by atoms with E-state index in [1.54, 1.807) is 19.1 Å². The minimum atomic E-state index is -0.768. The number of ether oxygens (including phenoxy) is 2. The lowest BCUT2D eigenvalue weighted by molar-refractivity contribution is -0.0159. The molecular weight excluding hydrogens is 337 g/mol. The Hall–Kier alpha value is -2.86. The lowest BCUT2D eigenvalue weighted by atomic mass is 10.1. The first-order valence-corrected chi connectivity index (χ1v) is 8.16. The molecule has 0 saturated carbocycles. The molecule has 0 heterocycles. The zero-order valence-electron chi connectivity index (χ0n) is 14.8. The molecule has 2 aromatic rings. The number of hydroxylamine groups is 1. The second-order valence-corrected chi connectivity index (χ2v) is 5.71. The SMILES string of the molecule is C=CCOC(=O)NOC(C)c1ccc(OCc2ccc(C)cc2)cc1F. The number of halogens is 1. The van der Waals surface area contributed by atoms with Crippen LogP contribution in [0.1, 0.15) is 29.7 Å². The number of rotatable bonds is 8. The highest BCUT2D eigenvalue weighted by Gasteiger charge is 2.14. The Labute approximate surface area is 152 Å². The van der Waals surface area contributed by atoms with E-state index in [2.05, 4.69) is 12.1 Å². The van der Waals surface area contributed by atoms with Gasteiger partial charge in [0.25, 0.3) is 0 Å². The molecule has 1 atom stereocenters. The van der Waals surface area contributed by atoms with Crippen LogP contribution in [0.2, 0.25) is 0 Å². The van der Waals surface area contributed by atoms with Crippen molar-refractivity contribution in [3.05, 3.63) is 77.6 Å². The zero-order chi connectivity index (χ0) is 18.9. The first-order chi connectivity index (χ1) is 12.5. The molecule has 1 unspecified atom stereocenters. The van der Waals surface area contributed by atoms with Crippen molar-refractivity contribution in [3.8, 4) is 5.75 Å². The maximum absolute atomic E-state index is 14.3. The Morgan fingerprint density at radius 3 is 2.65 bits per heavy atom. The second-order valence-electron chi connectivity index (χ2n) is 5.71. The van der Waals surface area contributed by atoms with E-state index >= 15 is 0 Å². The van der Waals surface area contributed by atoms with Gasteiger partial charge >= 0.3 is 6.09 Å². The van der Waals surface area contributed by atoms with Crippen LogP contribution >= 0.6 is 0 Å². The molecule has 0 aromatic heterocycles. The van der Waals surface area contributed by atoms with E-state index in [-0.39, 0.29) is 12.2 Å². The molecule has 0 aliphatic rings. The lowest BCUT2D eigenvalue weighted by Crippen LogP contribution is -2.26. The smallest absolute Gasteiger partial charge is 0.431 e. The van der Waals surface area contributed by atoms with E-state index in [1.165, 1.54) is 17.7 Å². The van der Waals surface area contributed by atoms with Crippen molar-refractivity contribution >= 4 is 6.09 Å². The van der Waals surface area contributed by atoms with Crippen LogP contribution in [0.4, 0.5) is 9.18 Å². The van der Waals surface area contributed by atoms with Gasteiger partial charge < -0.3 is 9.47 Å². The van der Waals surface area contributed by atoms with Crippen molar-refractivity contribution in [3.63, 3.8) is 0 Å². The minimum Gasteiger partial charge on any atom is -0.489 e. The van der Waals surface area contributed by atoms with Crippen molar-refractivity contribution in [1.82, 2.24) is 5.48 Å². The van der Waals surface area contributed by atoms with Gasteiger partial charge in [0.2, 0.25) is 0 Å². The maximum Gasteiger partial charge on any atom is 0.431 e. The normalized spacial score (nSPS) is 11.5. The number of carbonyl (C=O) groups excluding carboxylic acids is 1. The van der Waals surface area contributed by atoms with Crippen molar-refractivity contribution in [2.24, 2.45) is 0 Å². The van der Waals surface area contributed by atoms with Crippen LogP contribution in [0, 0.1) is 12.7 Å². The van der Waals surface area contributed by atoms with Crippen LogP contribution < -0.4 is 10.2 Å². The van der Waals surface area contributed by atoms with E-state index < -0.39 is 18.0 Å². The van der Waals surface area contributed by atoms with Crippen LogP contribution in [0.15, 0.2) is 55.1 Å². The molecule has 0 saturated heterocycles. The van der Waals surface area contributed by atoms with Gasteiger partial charge in [0.15, 0.2) is 0 Å². The second kappa shape index (κ2) is 9.58. The summed E-state index contributed by atoms with van der Waals surface area (Å²) in [6.07, 6.45) is -0.0366. The molecule has 5 nitrogen and oxygen atoms in total. The summed E-state index contributed by atoms with van der Waals surface area (Å²) in [5.41, 5.74) is 4.56. The highest BCUT2D eigenvalue weighted by atomic mass is 19.1. The van der Waals surface area contributed by atoms with Crippen LogP contribution in [-0.4, -0.2) is 12.7 Å². The molecule has 26 heavy (non-hydrogen) atoms. The molecule has 1 N–H and O–H groups in total. The van der Waals surface area contributed by atoms with Gasteiger partial charge in [-0.15, -0.1) is 0 Å². The highest BCUT2D eigenvalue weighted by Crippen LogP contribution is 2.24. The number of nitrogens with one attached hydrogen (secondary N) is 1. The third kappa shape index (κ3) is 5.89. The van der Waals surface area contributed by atoms with Crippen molar-refractivity contribution < 1.29 is 23.5 Å². The van der Waals surface area contributed by atoms with Gasteiger partial charge in [-0.2, -0.15) is 5.48 Å². The third-order valence-electron chi connectivity index (χ3n) is 3.59. The van der Waals surface area contributed by atoms with Crippen molar-refractivity contribution in [1.29, 1.82) is 0 Å². The summed E-state index contributed by atoms with van der Waals surface area (Å²) in [4.78, 5) is 16.4. The summed E-state index contributed by atoms with van der Waals surface area (Å²) < 4.78 is 24.6. The minimum absolute atomic E-state index is 0.0605. The van der Waals surface area contributed by atoms with Gasteiger partial charge in [0.1, 0.15) is 30.9 Å². The van der Waals surface area contributed by atoms with Crippen molar-refractivity contribution in [2.75, 3.05) is 6.61 Å². The predicted molar refractivity (Wildman–Crippen MR) is 96.1 cm³/mol. The topological polar surface area (TPSA) is 56.8 Å². The molecule has 0 radical (unpaired) electrons. The maximum atomic E-state index is 14.3. The Morgan fingerprint density at radius 2 is 2.00 bits per heavy atom. The average Bonchev–Trinajstić information content (AvgIpc) is 2.64. The first-order valence-electron chi connectivity index (χ1n) is 8.16. The molecule has 0 aliphatic carbocycles. The fourth-order valence-electron chi connectivity index (χ4n) is 2.14. The monoisotopic (exact) mass is 359 g/mol. The number of carbonyl (C=O) groups is 1. The van der Waals surface area contributed by atoms with E-state index in [4.69, 9.17) is 14.3 Å². The fourth-order valence-corrected chi connectivity index (χ4v) is 2.14. The largest absolute Gasteiger partial charge is 0.489 e. The number of hydrogen-bond donors (Lipinski definition) is 1. The van der Waals surface area contributed by atoms with Gasteiger partial charge in [-0.3, -0.25) is 4.84 Å². The first kappa shape index (κ1) is 19.5. The standard InChI is InChI=1S/C20H22FNO4/c1-4-11-24-20(23)22-26-15(3)18-10-9-17(12-19(18)21)25-13-16-7-5-14(2)6-8-16/h4-10,12,15H,1,11,13H2,2-3H3,(H,22,23). The summed E-state index contributed by atoms with van der Waals surface area (Å²) >= 11 is 0. The van der Waals surface area contributed by atoms with Crippen LogP contribution in [0.5, 0.6) is 5.75 Å². The highest BCUT2D eigenvalue weighted by molar-refractivity contribution is 5.65. The van der Waals surface area contributed by atoms with Crippen molar-refractivity contribution in [2.45, 2.75) is 26.6 Å². The zero-order valence-corrected chi connectivity index (χ0v) is 14.8. The summed E-state index contributed by atoms with van der Waals surface area (Å²) in [5.74, 6) is -0.0717. The number of hydrogen-bond acceptors (Lipinski definition) is 4. The quantitative estimate of drug-likeness (QED) is 0.552. The molecule has 138 valence electrons. The molecule has 6 heteroatoms. The lowest BCUT2D eigenvalue weighted by Gasteiger charge is -2.15. The molecule has 2 aromatic carbocycles. The molecule has 0 spiro atoms. The summed E-state index contributed by atoms with van der Waals surface area (Å²) in [6.45, 7) is 7.46. The molecular formula is C20H22FNO4. The Kier molecular flexibility index (Phi) is 7.17. The van der Waals surface area contributed by atoms with Gasteiger partial charge in [-0.05, 0) is 31.5 Å². The van der Waals surface area contributed by atoms with Crippen LogP contribution in [-0.2, 0) is 16.2 Å². The molecule has 1 amide bonds. The summed E-state index contributed by atoms with van der Waals surface area (Å²) in [6, 6.07) is 12.4. The molecule has 0 aliphatic heterocycles. The Morgan fingerprint density at radius 1 is 1.27 bits per heavy atom. The number of aryl methyl sites for hydroxylation is 1. The Balaban J connectivity index is 1.90. The molecule has 0 fully saturated rings. The van der Waals surface area contributed by atoms with E-state index in [0.717, 1.165) is 5.56 Å². The van der Waals surface area contributed by atoms with E-state index in [0.29, 0.717) is 12.4 Å². The number of benzene rings is 2. The van der Waals surface area contributed by atoms with Crippen LogP contribution in [0.3, 0.4) is 0 Å². The van der Waals surface area contributed by atoms with E-state index in [1.807, 2.05) is 31.2 Å². The van der Waals surface area contributed by atoms with Gasteiger partial charge in [0.05, 0.1) is 0 Å². The molecule has 0 bridgehead atoms. The molecule has 2 rings (SSSR count). The Bertz CT molecular complexity index is 746. The van der Waals surface area contributed by atoms with Gasteiger partial charge in [0, 0.05) is 11.6 Å². The van der Waals surface area contributed by atoms with E-state index in [9.17, 15) is 9.18 Å². The summed E-state index contributed by atoms with van der Waals surface area (Å²) in [7, 11) is 0. The number of amides is 1.